The quantitative estimate of drug-likeness (QED) is 0.679. The van der Waals surface area contributed by atoms with Crippen LogP contribution in [-0.2, 0) is 9.53 Å². The molecule has 0 aliphatic heterocycles. The molecule has 0 saturated heterocycles. The number of esters is 1. The Morgan fingerprint density at radius 2 is 2.05 bits per heavy atom. The van der Waals surface area contributed by atoms with E-state index >= 15 is 0 Å². The largest absolute Gasteiger partial charge is 0.462 e. The molecule has 0 amide bonds. The normalized spacial score (nSPS) is 29.7. The molecule has 2 saturated carbocycles. The van der Waals surface area contributed by atoms with E-state index in [0.29, 0.717) is 11.8 Å². The van der Waals surface area contributed by atoms with Gasteiger partial charge >= 0.3 is 5.97 Å². The van der Waals surface area contributed by atoms with Crippen LogP contribution in [0.15, 0.2) is 29.4 Å². The summed E-state index contributed by atoms with van der Waals surface area (Å²) in [6.45, 7) is 3.56. The molecule has 0 heterocycles. The van der Waals surface area contributed by atoms with E-state index in [4.69, 9.17) is 4.74 Å². The molecule has 3 rings (SSSR count). The van der Waals surface area contributed by atoms with Crippen LogP contribution >= 0.6 is 0 Å². The van der Waals surface area contributed by atoms with E-state index in [0.717, 1.165) is 24.9 Å². The van der Waals surface area contributed by atoms with Gasteiger partial charge in [-0.1, -0.05) is 17.7 Å². The minimum absolute atomic E-state index is 0.107. The van der Waals surface area contributed by atoms with Crippen molar-refractivity contribution in [2.45, 2.75) is 39.2 Å². The van der Waals surface area contributed by atoms with Crippen molar-refractivity contribution < 1.29 is 9.53 Å². The van der Waals surface area contributed by atoms with E-state index in [2.05, 4.69) is 29.6 Å². The predicted molar refractivity (Wildman–Crippen MR) is 78.6 cm³/mol. The van der Waals surface area contributed by atoms with E-state index in [9.17, 15) is 4.79 Å². The van der Waals surface area contributed by atoms with Crippen LogP contribution in [0, 0.1) is 18.8 Å². The number of benzene rings is 1. The van der Waals surface area contributed by atoms with Gasteiger partial charge in [-0.2, -0.15) is 5.10 Å². The highest BCUT2D eigenvalue weighted by Gasteiger charge is 2.45. The number of hydrogen-bond donors (Lipinski definition) is 1. The number of hydrazone groups is 1. The molecule has 2 fully saturated rings. The molecule has 1 aromatic rings. The zero-order chi connectivity index (χ0) is 14.1. The van der Waals surface area contributed by atoms with Gasteiger partial charge in [0.25, 0.3) is 0 Å². The smallest absolute Gasteiger partial charge is 0.302 e. The SMILES string of the molecule is CC(=O)O[C@H]1C[C@H]2C[C@H]1C/C2=N/Nc1ccc(C)cc1. The van der Waals surface area contributed by atoms with E-state index in [1.54, 1.807) is 0 Å². The van der Waals surface area contributed by atoms with Gasteiger partial charge in [0.15, 0.2) is 0 Å². The molecule has 0 spiro atoms. The number of nitrogens with one attached hydrogen (secondary N) is 1. The van der Waals surface area contributed by atoms with Gasteiger partial charge in [-0.3, -0.25) is 10.2 Å². The zero-order valence-corrected chi connectivity index (χ0v) is 11.9. The minimum atomic E-state index is -0.168. The summed E-state index contributed by atoms with van der Waals surface area (Å²) in [4.78, 5) is 11.0. The van der Waals surface area contributed by atoms with Crippen molar-refractivity contribution in [1.29, 1.82) is 0 Å². The second-order valence-corrected chi connectivity index (χ2v) is 5.86. The van der Waals surface area contributed by atoms with Gasteiger partial charge in [-0.15, -0.1) is 0 Å². The van der Waals surface area contributed by atoms with Crippen LogP contribution < -0.4 is 5.43 Å². The monoisotopic (exact) mass is 272 g/mol. The maximum absolute atomic E-state index is 11.0. The molecule has 0 unspecified atom stereocenters. The van der Waals surface area contributed by atoms with Crippen LogP contribution in [0.1, 0.15) is 31.7 Å². The molecule has 20 heavy (non-hydrogen) atoms. The van der Waals surface area contributed by atoms with Gasteiger partial charge in [0, 0.05) is 24.5 Å². The number of carbonyl (C=O) groups is 1. The second kappa shape index (κ2) is 5.27. The first-order valence-electron chi connectivity index (χ1n) is 7.18. The van der Waals surface area contributed by atoms with Crippen molar-refractivity contribution in [2.75, 3.05) is 5.43 Å². The summed E-state index contributed by atoms with van der Waals surface area (Å²) in [5.41, 5.74) is 6.61. The first-order valence-corrected chi connectivity index (χ1v) is 7.18. The number of nitrogens with zero attached hydrogens (tertiary/aromatic N) is 1. The van der Waals surface area contributed by atoms with E-state index < -0.39 is 0 Å². The summed E-state index contributed by atoms with van der Waals surface area (Å²) in [6, 6.07) is 8.21. The van der Waals surface area contributed by atoms with Gasteiger partial charge in [0.05, 0.1) is 5.69 Å². The Hall–Kier alpha value is -1.84. The number of hydrogen-bond acceptors (Lipinski definition) is 4. The first kappa shape index (κ1) is 13.2. The lowest BCUT2D eigenvalue weighted by Crippen LogP contribution is -2.26. The third kappa shape index (κ3) is 2.69. The highest BCUT2D eigenvalue weighted by atomic mass is 16.5. The van der Waals surface area contributed by atoms with E-state index in [1.165, 1.54) is 18.2 Å². The van der Waals surface area contributed by atoms with Crippen molar-refractivity contribution in [3.8, 4) is 0 Å². The lowest BCUT2D eigenvalue weighted by Gasteiger charge is -2.22. The molecular weight excluding hydrogens is 252 g/mol. The Balaban J connectivity index is 1.60. The van der Waals surface area contributed by atoms with Gasteiger partial charge in [-0.05, 0) is 38.3 Å². The fourth-order valence-electron chi connectivity index (χ4n) is 3.27. The maximum Gasteiger partial charge on any atom is 0.302 e. The molecule has 3 atom stereocenters. The molecule has 1 N–H and O–H groups in total. The summed E-state index contributed by atoms with van der Waals surface area (Å²) < 4.78 is 5.36. The number of aryl methyl sites for hydroxylation is 1. The summed E-state index contributed by atoms with van der Waals surface area (Å²) in [5, 5.41) is 4.55. The fourth-order valence-corrected chi connectivity index (χ4v) is 3.27. The molecule has 0 aromatic heterocycles. The average molecular weight is 272 g/mol. The zero-order valence-electron chi connectivity index (χ0n) is 11.9. The predicted octanol–water partition coefficient (Wildman–Crippen LogP) is 3.12. The van der Waals surface area contributed by atoms with Gasteiger partial charge in [-0.25, -0.2) is 0 Å². The molecule has 4 heteroatoms. The maximum atomic E-state index is 11.0. The molecule has 4 nitrogen and oxygen atoms in total. The Labute approximate surface area is 119 Å². The van der Waals surface area contributed by atoms with E-state index in [1.807, 2.05) is 12.1 Å². The third-order valence-electron chi connectivity index (χ3n) is 4.27. The number of anilines is 1. The topological polar surface area (TPSA) is 50.7 Å². The molecule has 0 radical (unpaired) electrons. The number of ether oxygens (including phenoxy) is 1. The van der Waals surface area contributed by atoms with Crippen LogP contribution in [0.4, 0.5) is 5.69 Å². The Bertz CT molecular complexity index is 536. The number of carbonyl (C=O) groups excluding carboxylic acids is 1. The van der Waals surface area contributed by atoms with Crippen molar-refractivity contribution in [3.05, 3.63) is 29.8 Å². The summed E-state index contributed by atoms with van der Waals surface area (Å²) in [7, 11) is 0. The summed E-state index contributed by atoms with van der Waals surface area (Å²) >= 11 is 0. The standard InChI is InChI=1S/C16H20N2O2/c1-10-3-5-14(6-4-10)17-18-15-8-13-7-12(15)9-16(13)20-11(2)19/h3-6,12-13,16-17H,7-9H2,1-2H3/b18-15-/t12-,13+,16+/m1/s1. The molecule has 2 bridgehead atoms. The van der Waals surface area contributed by atoms with Crippen molar-refractivity contribution in [3.63, 3.8) is 0 Å². The van der Waals surface area contributed by atoms with Crippen LogP contribution in [0.25, 0.3) is 0 Å². The Morgan fingerprint density at radius 1 is 1.30 bits per heavy atom. The molecule has 2 aliphatic carbocycles. The third-order valence-corrected chi connectivity index (χ3v) is 4.27. The van der Waals surface area contributed by atoms with Crippen LogP contribution in [-0.4, -0.2) is 17.8 Å². The Kier molecular flexibility index (Phi) is 3.47. The first-order chi connectivity index (χ1) is 9.61. The molecule has 106 valence electrons. The van der Waals surface area contributed by atoms with Gasteiger partial charge in [0.2, 0.25) is 0 Å². The highest BCUT2D eigenvalue weighted by Crippen LogP contribution is 2.44. The highest BCUT2D eigenvalue weighted by molar-refractivity contribution is 5.90. The van der Waals surface area contributed by atoms with Crippen LogP contribution in [0.3, 0.4) is 0 Å². The minimum Gasteiger partial charge on any atom is -0.462 e. The van der Waals surface area contributed by atoms with Crippen molar-refractivity contribution in [1.82, 2.24) is 0 Å². The van der Waals surface area contributed by atoms with Crippen LogP contribution in [0.2, 0.25) is 0 Å². The van der Waals surface area contributed by atoms with E-state index in [-0.39, 0.29) is 12.1 Å². The lowest BCUT2D eigenvalue weighted by molar-refractivity contribution is -0.148. The molecule has 2 aliphatic rings. The second-order valence-electron chi connectivity index (χ2n) is 5.86. The fraction of sp³-hybridized carbons (Fsp3) is 0.500. The van der Waals surface area contributed by atoms with Gasteiger partial charge < -0.3 is 4.74 Å². The number of rotatable bonds is 3. The van der Waals surface area contributed by atoms with Gasteiger partial charge in [0.1, 0.15) is 6.10 Å². The molecule has 1 aromatic carbocycles. The van der Waals surface area contributed by atoms with Crippen molar-refractivity contribution >= 4 is 17.4 Å². The average Bonchev–Trinajstić information content (AvgIpc) is 2.97. The summed E-state index contributed by atoms with van der Waals surface area (Å²) in [5.74, 6) is 0.767. The molecular formula is C16H20N2O2. The number of fused-ring (bicyclic) bond motifs is 2. The van der Waals surface area contributed by atoms with Crippen molar-refractivity contribution in [2.24, 2.45) is 16.9 Å². The lowest BCUT2D eigenvalue weighted by atomic mass is 9.96. The van der Waals surface area contributed by atoms with Crippen LogP contribution in [0.5, 0.6) is 0 Å². The summed E-state index contributed by atoms with van der Waals surface area (Å²) in [6.07, 6.45) is 3.09. The Morgan fingerprint density at radius 3 is 2.65 bits per heavy atom.